The van der Waals surface area contributed by atoms with E-state index in [0.29, 0.717) is 56.4 Å². The van der Waals surface area contributed by atoms with Crippen LogP contribution in [0.1, 0.15) is 15.9 Å². The lowest BCUT2D eigenvalue weighted by atomic mass is 10.1. The zero-order valence-electron chi connectivity index (χ0n) is 14.3. The summed E-state index contributed by atoms with van der Waals surface area (Å²) >= 11 is 6.24. The molecule has 1 amide bonds. The number of fused-ring (bicyclic) bond motifs is 1. The van der Waals surface area contributed by atoms with Crippen LogP contribution >= 0.6 is 11.6 Å². The van der Waals surface area contributed by atoms with E-state index in [-0.39, 0.29) is 12.0 Å². The summed E-state index contributed by atoms with van der Waals surface area (Å²) in [5, 5.41) is 0.728. The highest BCUT2D eigenvalue weighted by Crippen LogP contribution is 2.31. The average molecular weight is 374 g/mol. The molecule has 1 fully saturated rings. The minimum atomic E-state index is -0.0650. The van der Waals surface area contributed by atoms with Crippen molar-refractivity contribution >= 4 is 17.5 Å². The van der Waals surface area contributed by atoms with Gasteiger partial charge in [0.1, 0.15) is 13.2 Å². The van der Waals surface area contributed by atoms with Crippen LogP contribution in [0.25, 0.3) is 0 Å². The van der Waals surface area contributed by atoms with Gasteiger partial charge in [-0.15, -0.1) is 0 Å². The van der Waals surface area contributed by atoms with Crippen molar-refractivity contribution in [2.24, 2.45) is 0 Å². The number of amides is 1. The van der Waals surface area contributed by atoms with Gasteiger partial charge in [0.25, 0.3) is 5.91 Å². The molecule has 0 saturated carbocycles. The molecule has 2 aliphatic rings. The standard InChI is InChI=1S/C20H20ClNO4/c21-17-4-2-1-3-14(17)11-16-13-22(7-8-24-16)20(23)15-5-6-18-19(12-15)26-10-9-25-18/h1-6,12,16H,7-11,13H2/t16-/m0/s1. The molecule has 2 aliphatic heterocycles. The van der Waals surface area contributed by atoms with Gasteiger partial charge in [-0.25, -0.2) is 0 Å². The maximum Gasteiger partial charge on any atom is 0.254 e. The van der Waals surface area contributed by atoms with Crippen molar-refractivity contribution in [1.82, 2.24) is 4.90 Å². The van der Waals surface area contributed by atoms with E-state index in [2.05, 4.69) is 0 Å². The van der Waals surface area contributed by atoms with Gasteiger partial charge in [0, 0.05) is 30.1 Å². The average Bonchev–Trinajstić information content (AvgIpc) is 2.69. The van der Waals surface area contributed by atoms with Gasteiger partial charge in [-0.2, -0.15) is 0 Å². The monoisotopic (exact) mass is 373 g/mol. The quantitative estimate of drug-likeness (QED) is 0.829. The lowest BCUT2D eigenvalue weighted by molar-refractivity contribution is -0.0208. The zero-order valence-corrected chi connectivity index (χ0v) is 15.1. The molecule has 1 atom stereocenters. The molecule has 0 aromatic heterocycles. The first-order chi connectivity index (χ1) is 12.7. The third-order valence-electron chi connectivity index (χ3n) is 4.62. The molecule has 6 heteroatoms. The van der Waals surface area contributed by atoms with Crippen molar-refractivity contribution in [3.8, 4) is 11.5 Å². The second-order valence-electron chi connectivity index (χ2n) is 6.40. The van der Waals surface area contributed by atoms with E-state index in [9.17, 15) is 4.79 Å². The van der Waals surface area contributed by atoms with Crippen LogP contribution in [0.3, 0.4) is 0 Å². The largest absolute Gasteiger partial charge is 0.486 e. The maximum atomic E-state index is 12.9. The third kappa shape index (κ3) is 3.64. The van der Waals surface area contributed by atoms with E-state index < -0.39 is 0 Å². The first-order valence-corrected chi connectivity index (χ1v) is 9.12. The van der Waals surface area contributed by atoms with Gasteiger partial charge in [0.05, 0.1) is 12.7 Å². The molecule has 0 bridgehead atoms. The maximum absolute atomic E-state index is 12.9. The first-order valence-electron chi connectivity index (χ1n) is 8.74. The highest BCUT2D eigenvalue weighted by Gasteiger charge is 2.26. The third-order valence-corrected chi connectivity index (χ3v) is 4.99. The van der Waals surface area contributed by atoms with Gasteiger partial charge in [0.2, 0.25) is 0 Å². The van der Waals surface area contributed by atoms with Crippen LogP contribution in [-0.4, -0.2) is 49.8 Å². The number of carbonyl (C=O) groups is 1. The predicted octanol–water partition coefficient (Wildman–Crippen LogP) is 3.19. The lowest BCUT2D eigenvalue weighted by Crippen LogP contribution is -2.46. The number of benzene rings is 2. The van der Waals surface area contributed by atoms with Crippen molar-refractivity contribution in [2.75, 3.05) is 32.9 Å². The van der Waals surface area contributed by atoms with E-state index in [1.165, 1.54) is 0 Å². The number of hydrogen-bond acceptors (Lipinski definition) is 4. The Labute approximate surface area is 157 Å². The number of halogens is 1. The van der Waals surface area contributed by atoms with E-state index in [0.717, 1.165) is 10.6 Å². The second kappa shape index (κ2) is 7.56. The molecule has 2 aromatic carbocycles. The number of ether oxygens (including phenoxy) is 3. The summed E-state index contributed by atoms with van der Waals surface area (Å²) in [7, 11) is 0. The minimum Gasteiger partial charge on any atom is -0.486 e. The Morgan fingerprint density at radius 3 is 2.73 bits per heavy atom. The van der Waals surface area contributed by atoms with Gasteiger partial charge in [-0.05, 0) is 29.8 Å². The minimum absolute atomic E-state index is 0.0190. The molecular formula is C20H20ClNO4. The number of carbonyl (C=O) groups excluding carboxylic acids is 1. The fourth-order valence-electron chi connectivity index (χ4n) is 3.30. The Morgan fingerprint density at radius 2 is 1.88 bits per heavy atom. The SMILES string of the molecule is O=C(c1ccc2c(c1)OCCO2)N1CCO[C@@H](Cc2ccccc2Cl)C1. The summed E-state index contributed by atoms with van der Waals surface area (Å²) in [5.41, 5.74) is 1.64. The molecule has 0 N–H and O–H groups in total. The molecule has 136 valence electrons. The smallest absolute Gasteiger partial charge is 0.254 e. The molecular weight excluding hydrogens is 354 g/mol. The van der Waals surface area contributed by atoms with Crippen LogP contribution < -0.4 is 9.47 Å². The van der Waals surface area contributed by atoms with Crippen molar-refractivity contribution in [1.29, 1.82) is 0 Å². The summed E-state index contributed by atoms with van der Waals surface area (Å²) < 4.78 is 16.9. The van der Waals surface area contributed by atoms with Gasteiger partial charge in [-0.1, -0.05) is 29.8 Å². The normalized spacial score (nSPS) is 19.3. The molecule has 0 aliphatic carbocycles. The number of rotatable bonds is 3. The molecule has 0 unspecified atom stereocenters. The van der Waals surface area contributed by atoms with Crippen LogP contribution in [0.2, 0.25) is 5.02 Å². The fraction of sp³-hybridized carbons (Fsp3) is 0.350. The Morgan fingerprint density at radius 1 is 1.08 bits per heavy atom. The summed E-state index contributed by atoms with van der Waals surface area (Å²) in [6.07, 6.45) is 0.620. The Hall–Kier alpha value is -2.24. The highest BCUT2D eigenvalue weighted by molar-refractivity contribution is 6.31. The van der Waals surface area contributed by atoms with Crippen LogP contribution in [0.15, 0.2) is 42.5 Å². The number of hydrogen-bond donors (Lipinski definition) is 0. The summed E-state index contributed by atoms with van der Waals surface area (Å²) in [6.45, 7) is 2.67. The topological polar surface area (TPSA) is 48.0 Å². The van der Waals surface area contributed by atoms with Crippen molar-refractivity contribution in [3.05, 3.63) is 58.6 Å². The molecule has 4 rings (SSSR count). The fourth-order valence-corrected chi connectivity index (χ4v) is 3.51. The van der Waals surface area contributed by atoms with Crippen LogP contribution in [0.5, 0.6) is 11.5 Å². The van der Waals surface area contributed by atoms with E-state index in [1.54, 1.807) is 18.2 Å². The van der Waals surface area contributed by atoms with Crippen molar-refractivity contribution in [2.45, 2.75) is 12.5 Å². The van der Waals surface area contributed by atoms with Crippen LogP contribution in [0, 0.1) is 0 Å². The van der Waals surface area contributed by atoms with E-state index in [1.807, 2.05) is 29.2 Å². The van der Waals surface area contributed by atoms with Gasteiger partial charge >= 0.3 is 0 Å². The Kier molecular flexibility index (Phi) is 5.00. The highest BCUT2D eigenvalue weighted by atomic mass is 35.5. The lowest BCUT2D eigenvalue weighted by Gasteiger charge is -2.33. The Balaban J connectivity index is 1.45. The summed E-state index contributed by atoms with van der Waals surface area (Å²) in [6, 6.07) is 13.1. The predicted molar refractivity (Wildman–Crippen MR) is 98.2 cm³/mol. The molecule has 0 spiro atoms. The van der Waals surface area contributed by atoms with Gasteiger partial charge in [0.15, 0.2) is 11.5 Å². The number of nitrogens with zero attached hydrogens (tertiary/aromatic N) is 1. The van der Waals surface area contributed by atoms with Crippen LogP contribution in [-0.2, 0) is 11.2 Å². The second-order valence-corrected chi connectivity index (χ2v) is 6.81. The van der Waals surface area contributed by atoms with Crippen LogP contribution in [0.4, 0.5) is 0 Å². The molecule has 2 aromatic rings. The summed E-state index contributed by atoms with van der Waals surface area (Å²) in [5.74, 6) is 1.30. The zero-order chi connectivity index (χ0) is 17.9. The van der Waals surface area contributed by atoms with Gasteiger partial charge < -0.3 is 19.1 Å². The first kappa shape index (κ1) is 17.2. The number of morpholine rings is 1. The molecule has 2 heterocycles. The molecule has 0 radical (unpaired) electrons. The summed E-state index contributed by atoms with van der Waals surface area (Å²) in [4.78, 5) is 14.7. The van der Waals surface area contributed by atoms with Gasteiger partial charge in [-0.3, -0.25) is 4.79 Å². The van der Waals surface area contributed by atoms with E-state index >= 15 is 0 Å². The molecule has 26 heavy (non-hydrogen) atoms. The molecule has 5 nitrogen and oxygen atoms in total. The van der Waals surface area contributed by atoms with Crippen molar-refractivity contribution in [3.63, 3.8) is 0 Å². The molecule has 1 saturated heterocycles. The van der Waals surface area contributed by atoms with E-state index in [4.69, 9.17) is 25.8 Å². The van der Waals surface area contributed by atoms with Crippen molar-refractivity contribution < 1.29 is 19.0 Å². The Bertz CT molecular complexity index is 810.